The van der Waals surface area contributed by atoms with Gasteiger partial charge in [0.1, 0.15) is 0 Å². The summed E-state index contributed by atoms with van der Waals surface area (Å²) in [4.78, 5) is 2.41. The number of para-hydroxylation sites is 1. The van der Waals surface area contributed by atoms with Gasteiger partial charge in [-0.15, -0.1) is 11.3 Å². The summed E-state index contributed by atoms with van der Waals surface area (Å²) in [6.45, 7) is 8.92. The summed E-state index contributed by atoms with van der Waals surface area (Å²) in [5, 5.41) is 5.22. The van der Waals surface area contributed by atoms with Crippen molar-refractivity contribution in [2.45, 2.75) is 33.1 Å². The third-order valence-corrected chi connectivity index (χ3v) is 14.0. The molecule has 0 atom stereocenters. The fraction of sp³-hybridized carbons (Fsp3) is 0.0877. The maximum absolute atomic E-state index is 2.42. The van der Waals surface area contributed by atoms with Gasteiger partial charge in [0.15, 0.2) is 0 Å². The zero-order valence-corrected chi connectivity index (χ0v) is 35.1. The van der Waals surface area contributed by atoms with E-state index in [1.54, 1.807) is 0 Å². The van der Waals surface area contributed by atoms with E-state index >= 15 is 0 Å². The predicted molar refractivity (Wildman–Crippen MR) is 260 cm³/mol. The summed E-state index contributed by atoms with van der Waals surface area (Å²) in [5.74, 6) is 0. The van der Waals surface area contributed by atoms with Gasteiger partial charge in [-0.1, -0.05) is 153 Å². The second kappa shape index (κ2) is 14.1. The van der Waals surface area contributed by atoms with Gasteiger partial charge in [0, 0.05) is 59.1 Å². The lowest BCUT2D eigenvalue weighted by Gasteiger charge is -2.28. The van der Waals surface area contributed by atoms with E-state index in [4.69, 9.17) is 0 Å². The van der Waals surface area contributed by atoms with Crippen LogP contribution < -0.4 is 4.90 Å². The van der Waals surface area contributed by atoms with E-state index in [9.17, 15) is 0 Å². The van der Waals surface area contributed by atoms with Crippen LogP contribution in [0.4, 0.5) is 17.1 Å². The molecule has 0 amide bonds. The Bertz CT molecular complexity index is 3340. The molecule has 2 nitrogen and oxygen atoms in total. The molecule has 0 saturated heterocycles. The fourth-order valence-corrected chi connectivity index (χ4v) is 11.2. The zero-order chi connectivity index (χ0) is 40.5. The van der Waals surface area contributed by atoms with Gasteiger partial charge in [-0.3, -0.25) is 0 Å². The van der Waals surface area contributed by atoms with Gasteiger partial charge in [-0.25, -0.2) is 0 Å². The van der Waals surface area contributed by atoms with E-state index in [1.807, 2.05) is 11.3 Å². The van der Waals surface area contributed by atoms with Gasteiger partial charge >= 0.3 is 0 Å². The van der Waals surface area contributed by atoms with Crippen molar-refractivity contribution in [3.8, 4) is 33.4 Å². The van der Waals surface area contributed by atoms with E-state index in [-0.39, 0.29) is 5.41 Å². The molecule has 2 heterocycles. The van der Waals surface area contributed by atoms with Gasteiger partial charge in [0.2, 0.25) is 0 Å². The zero-order valence-electron chi connectivity index (χ0n) is 34.3. The average Bonchev–Trinajstić information content (AvgIpc) is 3.92. The summed E-state index contributed by atoms with van der Waals surface area (Å²) >= 11 is 1.92. The van der Waals surface area contributed by atoms with Crippen molar-refractivity contribution in [3.63, 3.8) is 0 Å². The number of nitrogens with zero attached hydrogens (tertiary/aromatic N) is 2. The first-order chi connectivity index (χ1) is 29.4. The number of aromatic nitrogens is 1. The smallest absolute Gasteiger partial charge is 0.0555 e. The van der Waals surface area contributed by atoms with Crippen LogP contribution in [0.5, 0.6) is 0 Å². The minimum atomic E-state index is -0.0976. The third kappa shape index (κ3) is 5.53. The molecule has 0 spiro atoms. The standard InChI is InChI=1S/C57H44N2S/c1-5-15-40(6-2)59-52-23-13-11-19-49(52)54-53(59)35-34-48-47-21-14-20-44(55(47)60-56(48)54)39-26-30-42(31-27-39)58(41-28-24-38(25-29-41)37-16-8-7-9-17-37)43-32-33-46-45-18-10-12-22-50(45)57(3,4)51(46)36-43/h5-36H,1-4H3/b15-5-,40-6+. The topological polar surface area (TPSA) is 8.17 Å². The molecule has 0 saturated carbocycles. The van der Waals surface area contributed by atoms with E-state index in [0.717, 1.165) is 17.1 Å². The lowest BCUT2D eigenvalue weighted by atomic mass is 9.82. The van der Waals surface area contributed by atoms with Crippen molar-refractivity contribution in [1.29, 1.82) is 0 Å². The van der Waals surface area contributed by atoms with Crippen LogP contribution >= 0.6 is 11.3 Å². The van der Waals surface area contributed by atoms with Crippen LogP contribution in [0.1, 0.15) is 38.8 Å². The lowest BCUT2D eigenvalue weighted by molar-refractivity contribution is 0.660. The highest BCUT2D eigenvalue weighted by Gasteiger charge is 2.35. The number of anilines is 3. The van der Waals surface area contributed by atoms with E-state index in [1.165, 1.54) is 92.2 Å². The summed E-state index contributed by atoms with van der Waals surface area (Å²) in [6, 6.07) is 65.1. The molecular formula is C57H44N2S. The molecule has 3 heteroatoms. The Morgan fingerprint density at radius 1 is 0.500 bits per heavy atom. The van der Waals surface area contributed by atoms with Crippen molar-refractivity contribution in [2.75, 3.05) is 4.90 Å². The summed E-state index contributed by atoms with van der Waals surface area (Å²) in [7, 11) is 0. The minimum Gasteiger partial charge on any atom is -0.310 e. The van der Waals surface area contributed by atoms with Crippen LogP contribution in [0.3, 0.4) is 0 Å². The van der Waals surface area contributed by atoms with Crippen molar-refractivity contribution >= 4 is 76.1 Å². The maximum Gasteiger partial charge on any atom is 0.0555 e. The van der Waals surface area contributed by atoms with E-state index in [2.05, 4.69) is 231 Å². The molecule has 11 rings (SSSR count). The van der Waals surface area contributed by atoms with Gasteiger partial charge in [-0.05, 0) is 113 Å². The first kappa shape index (κ1) is 36.2. The van der Waals surface area contributed by atoms with Gasteiger partial charge in [-0.2, -0.15) is 0 Å². The van der Waals surface area contributed by atoms with Crippen LogP contribution in [-0.4, -0.2) is 4.57 Å². The molecule has 288 valence electrons. The number of thiophene rings is 1. The van der Waals surface area contributed by atoms with Crippen molar-refractivity contribution in [3.05, 3.63) is 205 Å². The van der Waals surface area contributed by atoms with E-state index in [0.29, 0.717) is 0 Å². The maximum atomic E-state index is 2.42. The fourth-order valence-electron chi connectivity index (χ4n) is 9.79. The summed E-state index contributed by atoms with van der Waals surface area (Å²) < 4.78 is 5.07. The molecule has 0 radical (unpaired) electrons. The number of fused-ring (bicyclic) bond motifs is 10. The third-order valence-electron chi connectivity index (χ3n) is 12.7. The number of hydrogen-bond donors (Lipinski definition) is 0. The molecule has 1 aliphatic rings. The predicted octanol–water partition coefficient (Wildman–Crippen LogP) is 16.7. The van der Waals surface area contributed by atoms with Crippen LogP contribution in [0, 0.1) is 0 Å². The number of benzene rings is 8. The Kier molecular flexibility index (Phi) is 8.51. The Labute approximate surface area is 355 Å². The van der Waals surface area contributed by atoms with Crippen molar-refractivity contribution < 1.29 is 0 Å². The number of hydrogen-bond acceptors (Lipinski definition) is 2. The molecule has 0 unspecified atom stereocenters. The monoisotopic (exact) mass is 788 g/mol. The second-order valence-corrected chi connectivity index (χ2v) is 17.4. The first-order valence-electron chi connectivity index (χ1n) is 20.9. The Morgan fingerprint density at radius 3 is 1.88 bits per heavy atom. The van der Waals surface area contributed by atoms with Crippen LogP contribution in [0.2, 0.25) is 0 Å². The molecule has 0 N–H and O–H groups in total. The van der Waals surface area contributed by atoms with Gasteiger partial charge in [0.05, 0.1) is 11.0 Å². The SMILES string of the molecule is C/C=C\C(=C/C)n1c2ccccc2c2c3sc4c(-c5ccc(N(c6ccc(-c7ccccc7)cc6)c6ccc7c(c6)C(C)(C)c6ccccc6-7)cc5)cccc4c3ccc21. The number of allylic oxidation sites excluding steroid dienone is 4. The average molecular weight is 789 g/mol. The molecule has 2 aromatic heterocycles. The van der Waals surface area contributed by atoms with Crippen LogP contribution in [0.15, 0.2) is 194 Å². The van der Waals surface area contributed by atoms with Crippen molar-refractivity contribution in [1.82, 2.24) is 4.57 Å². The molecule has 0 fully saturated rings. The Morgan fingerprint density at radius 2 is 1.12 bits per heavy atom. The molecule has 1 aliphatic carbocycles. The summed E-state index contributed by atoms with van der Waals surface area (Å²) in [5.41, 5.74) is 17.3. The highest BCUT2D eigenvalue weighted by molar-refractivity contribution is 7.27. The number of rotatable bonds is 7. The highest BCUT2D eigenvalue weighted by atomic mass is 32.1. The van der Waals surface area contributed by atoms with Gasteiger partial charge in [0.25, 0.3) is 0 Å². The quantitative estimate of drug-likeness (QED) is 0.146. The largest absolute Gasteiger partial charge is 0.310 e. The molecule has 60 heavy (non-hydrogen) atoms. The van der Waals surface area contributed by atoms with Crippen LogP contribution in [0.25, 0.3) is 81.1 Å². The Hall–Kier alpha value is -6.94. The molecule has 8 aromatic carbocycles. The molecule has 0 aliphatic heterocycles. The Balaban J connectivity index is 1.04. The van der Waals surface area contributed by atoms with Crippen LogP contribution in [-0.2, 0) is 5.41 Å². The highest BCUT2D eigenvalue weighted by Crippen LogP contribution is 2.51. The molecule has 10 aromatic rings. The molecular weight excluding hydrogens is 745 g/mol. The second-order valence-electron chi connectivity index (χ2n) is 16.4. The molecule has 0 bridgehead atoms. The normalized spacial score (nSPS) is 13.5. The minimum absolute atomic E-state index is 0.0976. The van der Waals surface area contributed by atoms with Crippen molar-refractivity contribution in [2.24, 2.45) is 0 Å². The lowest BCUT2D eigenvalue weighted by Crippen LogP contribution is -2.16. The first-order valence-corrected chi connectivity index (χ1v) is 21.7. The summed E-state index contributed by atoms with van der Waals surface area (Å²) in [6.07, 6.45) is 6.53. The van der Waals surface area contributed by atoms with E-state index < -0.39 is 0 Å². The van der Waals surface area contributed by atoms with Gasteiger partial charge < -0.3 is 9.47 Å².